The molecule has 0 aliphatic rings. The van der Waals surface area contributed by atoms with E-state index in [9.17, 15) is 4.79 Å². The van der Waals surface area contributed by atoms with Crippen LogP contribution in [0, 0.1) is 0 Å². The lowest BCUT2D eigenvalue weighted by Gasteiger charge is -2.04. The third-order valence-corrected chi connectivity index (χ3v) is 5.72. The van der Waals surface area contributed by atoms with Crippen LogP contribution in [-0.4, -0.2) is 27.4 Å². The van der Waals surface area contributed by atoms with Crippen molar-refractivity contribution in [3.8, 4) is 0 Å². The molecule has 0 atom stereocenters. The van der Waals surface area contributed by atoms with Gasteiger partial charge in [0, 0.05) is 12.6 Å². The summed E-state index contributed by atoms with van der Waals surface area (Å²) in [5.74, 6) is -0.0986. The molecule has 0 aliphatic heterocycles. The van der Waals surface area contributed by atoms with E-state index in [0.29, 0.717) is 15.6 Å². The molecule has 1 aromatic heterocycles. The number of aromatic nitrogens is 2. The van der Waals surface area contributed by atoms with Crippen molar-refractivity contribution in [1.82, 2.24) is 15.0 Å². The van der Waals surface area contributed by atoms with Crippen molar-refractivity contribution >= 4 is 69.7 Å². The number of para-hydroxylation sites is 2. The van der Waals surface area contributed by atoms with Crippen LogP contribution < -0.4 is 5.43 Å². The fourth-order valence-corrected chi connectivity index (χ4v) is 3.66. The van der Waals surface area contributed by atoms with Gasteiger partial charge in [-0.3, -0.25) is 4.79 Å². The van der Waals surface area contributed by atoms with Gasteiger partial charge < -0.3 is 4.57 Å². The first-order valence-electron chi connectivity index (χ1n) is 7.47. The van der Waals surface area contributed by atoms with Crippen molar-refractivity contribution in [1.29, 1.82) is 0 Å². The highest BCUT2D eigenvalue weighted by Gasteiger charge is 2.10. The van der Waals surface area contributed by atoms with E-state index < -0.39 is 0 Å². The van der Waals surface area contributed by atoms with Gasteiger partial charge in [0.2, 0.25) is 0 Å². The van der Waals surface area contributed by atoms with Crippen molar-refractivity contribution < 1.29 is 4.79 Å². The van der Waals surface area contributed by atoms with Crippen LogP contribution in [0.2, 0.25) is 15.1 Å². The first kappa shape index (κ1) is 19.0. The highest BCUT2D eigenvalue weighted by atomic mass is 35.5. The molecule has 3 rings (SSSR count). The monoisotopic (exact) mass is 426 g/mol. The summed E-state index contributed by atoms with van der Waals surface area (Å²) in [7, 11) is 1.91. The Morgan fingerprint density at radius 1 is 1.23 bits per heavy atom. The van der Waals surface area contributed by atoms with Gasteiger partial charge in [0.25, 0.3) is 5.91 Å². The second kappa shape index (κ2) is 8.31. The Hall–Kier alpha value is -1.73. The zero-order valence-electron chi connectivity index (χ0n) is 13.5. The third-order valence-electron chi connectivity index (χ3n) is 3.54. The van der Waals surface area contributed by atoms with Crippen molar-refractivity contribution in [2.45, 2.75) is 5.16 Å². The fourth-order valence-electron chi connectivity index (χ4n) is 2.24. The Kier molecular flexibility index (Phi) is 6.09. The summed E-state index contributed by atoms with van der Waals surface area (Å²) in [6.45, 7) is 0. The molecule has 0 aliphatic carbocycles. The number of rotatable bonds is 5. The third kappa shape index (κ3) is 4.15. The summed E-state index contributed by atoms with van der Waals surface area (Å²) >= 11 is 19.4. The summed E-state index contributed by atoms with van der Waals surface area (Å²) in [5, 5.41) is 5.69. The molecular weight excluding hydrogens is 415 g/mol. The molecule has 1 N–H and O–H groups in total. The molecule has 26 heavy (non-hydrogen) atoms. The molecule has 0 bridgehead atoms. The quantitative estimate of drug-likeness (QED) is 0.276. The lowest BCUT2D eigenvalue weighted by Crippen LogP contribution is -2.20. The largest absolute Gasteiger partial charge is 0.322 e. The van der Waals surface area contributed by atoms with Gasteiger partial charge in [0.05, 0.1) is 38.1 Å². The molecule has 2 aromatic carbocycles. The molecule has 1 heterocycles. The van der Waals surface area contributed by atoms with Crippen LogP contribution >= 0.6 is 46.6 Å². The number of halogens is 3. The molecule has 0 saturated carbocycles. The van der Waals surface area contributed by atoms with Crippen molar-refractivity contribution in [3.63, 3.8) is 0 Å². The molecule has 9 heteroatoms. The molecule has 0 radical (unpaired) electrons. The number of imidazole rings is 1. The minimum absolute atomic E-state index is 0.172. The van der Waals surface area contributed by atoms with Gasteiger partial charge >= 0.3 is 0 Å². The SMILES string of the molecule is Cn1c(SCC(=O)N/N=C\c2c(Cl)ccc(Cl)c2Cl)nc2ccccc21. The number of thioether (sulfide) groups is 1. The standard InChI is InChI=1S/C17H13Cl3N4OS/c1-24-14-5-3-2-4-13(14)22-17(24)26-9-15(25)23-21-8-10-11(18)6-7-12(19)16(10)20/h2-8H,9H2,1H3,(H,23,25)/b21-8-. The van der Waals surface area contributed by atoms with E-state index in [4.69, 9.17) is 34.8 Å². The van der Waals surface area contributed by atoms with Gasteiger partial charge in [-0.25, -0.2) is 10.4 Å². The molecule has 0 unspecified atom stereocenters. The molecule has 3 aromatic rings. The highest BCUT2D eigenvalue weighted by molar-refractivity contribution is 7.99. The second-order valence-corrected chi connectivity index (χ2v) is 7.42. The minimum atomic E-state index is -0.271. The Balaban J connectivity index is 1.61. The van der Waals surface area contributed by atoms with Crippen molar-refractivity contribution in [2.24, 2.45) is 12.1 Å². The zero-order valence-corrected chi connectivity index (χ0v) is 16.6. The molecule has 0 fully saturated rings. The van der Waals surface area contributed by atoms with Gasteiger partial charge in [-0.05, 0) is 24.3 Å². The number of nitrogens with zero attached hydrogens (tertiary/aromatic N) is 3. The predicted molar refractivity (Wildman–Crippen MR) is 109 cm³/mol. The van der Waals surface area contributed by atoms with Crippen molar-refractivity contribution in [3.05, 3.63) is 57.0 Å². The van der Waals surface area contributed by atoms with E-state index in [0.717, 1.165) is 16.2 Å². The lowest BCUT2D eigenvalue weighted by atomic mass is 10.2. The van der Waals surface area contributed by atoms with E-state index in [1.54, 1.807) is 12.1 Å². The Bertz CT molecular complexity index is 1000. The maximum atomic E-state index is 12.0. The van der Waals surface area contributed by atoms with E-state index >= 15 is 0 Å². The molecule has 0 saturated heterocycles. The van der Waals surface area contributed by atoms with Crippen LogP contribution in [0.5, 0.6) is 0 Å². The molecule has 1 amide bonds. The highest BCUT2D eigenvalue weighted by Crippen LogP contribution is 2.30. The number of carbonyl (C=O) groups is 1. The average molecular weight is 428 g/mol. The van der Waals surface area contributed by atoms with Crippen LogP contribution in [0.1, 0.15) is 5.56 Å². The number of hydrogen-bond acceptors (Lipinski definition) is 4. The predicted octanol–water partition coefficient (Wildman–Crippen LogP) is 4.78. The summed E-state index contributed by atoms with van der Waals surface area (Å²) in [5.41, 5.74) is 4.79. The van der Waals surface area contributed by atoms with E-state index in [-0.39, 0.29) is 16.7 Å². The summed E-state index contributed by atoms with van der Waals surface area (Å²) in [4.78, 5) is 16.5. The summed E-state index contributed by atoms with van der Waals surface area (Å²) in [6.07, 6.45) is 1.37. The number of benzene rings is 2. The minimum Gasteiger partial charge on any atom is -0.322 e. The number of fused-ring (bicyclic) bond motifs is 1. The van der Waals surface area contributed by atoms with Crippen molar-refractivity contribution in [2.75, 3.05) is 5.75 Å². The van der Waals surface area contributed by atoms with Crippen LogP contribution in [0.3, 0.4) is 0 Å². The number of carbonyl (C=O) groups excluding carboxylic acids is 1. The van der Waals surface area contributed by atoms with E-state index in [2.05, 4.69) is 15.5 Å². The van der Waals surface area contributed by atoms with Crippen LogP contribution in [0.15, 0.2) is 46.7 Å². The maximum Gasteiger partial charge on any atom is 0.250 e. The Morgan fingerprint density at radius 3 is 2.73 bits per heavy atom. The first-order valence-corrected chi connectivity index (χ1v) is 9.59. The number of amides is 1. The van der Waals surface area contributed by atoms with Crippen LogP contribution in [0.4, 0.5) is 0 Å². The van der Waals surface area contributed by atoms with Gasteiger partial charge in [0.15, 0.2) is 5.16 Å². The Morgan fingerprint density at radius 2 is 1.96 bits per heavy atom. The normalized spacial score (nSPS) is 11.4. The van der Waals surface area contributed by atoms with E-state index in [1.165, 1.54) is 18.0 Å². The van der Waals surface area contributed by atoms with Gasteiger partial charge in [-0.15, -0.1) is 0 Å². The Labute approximate surface area is 169 Å². The summed E-state index contributed by atoms with van der Waals surface area (Å²) in [6, 6.07) is 11.0. The molecule has 5 nitrogen and oxygen atoms in total. The molecule has 0 spiro atoms. The van der Waals surface area contributed by atoms with E-state index in [1.807, 2.05) is 35.9 Å². The van der Waals surface area contributed by atoms with Crippen LogP contribution in [-0.2, 0) is 11.8 Å². The second-order valence-electron chi connectivity index (χ2n) is 5.28. The van der Waals surface area contributed by atoms with Crippen LogP contribution in [0.25, 0.3) is 11.0 Å². The topological polar surface area (TPSA) is 59.3 Å². The van der Waals surface area contributed by atoms with Gasteiger partial charge in [-0.2, -0.15) is 5.10 Å². The fraction of sp³-hybridized carbons (Fsp3) is 0.118. The lowest BCUT2D eigenvalue weighted by molar-refractivity contribution is -0.118. The summed E-state index contributed by atoms with van der Waals surface area (Å²) < 4.78 is 1.95. The molecule has 134 valence electrons. The molecular formula is C17H13Cl3N4OS. The number of nitrogens with one attached hydrogen (secondary N) is 1. The first-order chi connectivity index (χ1) is 12.5. The number of hydrazone groups is 1. The maximum absolute atomic E-state index is 12.0. The average Bonchev–Trinajstić information content (AvgIpc) is 2.96. The number of hydrogen-bond donors (Lipinski definition) is 1. The number of aryl methyl sites for hydroxylation is 1. The van der Waals surface area contributed by atoms with Gasteiger partial charge in [-0.1, -0.05) is 58.7 Å². The smallest absolute Gasteiger partial charge is 0.250 e. The van der Waals surface area contributed by atoms with Gasteiger partial charge in [0.1, 0.15) is 0 Å². The zero-order chi connectivity index (χ0) is 18.7.